The quantitative estimate of drug-likeness (QED) is 0.585. The van der Waals surface area contributed by atoms with E-state index >= 15 is 0 Å². The maximum absolute atomic E-state index is 4.34. The molecule has 0 bridgehead atoms. The summed E-state index contributed by atoms with van der Waals surface area (Å²) in [6, 6.07) is 1.19. The van der Waals surface area contributed by atoms with E-state index in [1.54, 1.807) is 0 Å². The van der Waals surface area contributed by atoms with Crippen LogP contribution in [0.2, 0.25) is 0 Å². The summed E-state index contributed by atoms with van der Waals surface area (Å²) in [4.78, 5) is 4.34. The Morgan fingerprint density at radius 3 is 3.15 bits per heavy atom. The van der Waals surface area contributed by atoms with Crippen LogP contribution >= 0.6 is 0 Å². The van der Waals surface area contributed by atoms with Crippen LogP contribution in [0.1, 0.15) is 6.42 Å². The van der Waals surface area contributed by atoms with Crippen LogP contribution < -0.4 is 5.32 Å². The summed E-state index contributed by atoms with van der Waals surface area (Å²) in [5, 5.41) is 3.64. The molecule has 0 aromatic rings. The van der Waals surface area contributed by atoms with Crippen LogP contribution in [0.5, 0.6) is 0 Å². The highest BCUT2D eigenvalue weighted by molar-refractivity contribution is 5.59. The molecule has 68 valence electrons. The van der Waals surface area contributed by atoms with Gasteiger partial charge in [-0.3, -0.25) is 4.99 Å². The first-order valence-electron chi connectivity index (χ1n) is 5.04. The first-order chi connectivity index (χ1) is 6.45. The molecule has 0 radical (unpaired) electrons. The second kappa shape index (κ2) is 2.81. The molecule has 0 aromatic carbocycles. The van der Waals surface area contributed by atoms with Gasteiger partial charge in [-0.1, -0.05) is 24.3 Å². The third-order valence-corrected chi connectivity index (χ3v) is 3.40. The van der Waals surface area contributed by atoms with Gasteiger partial charge in [-0.15, -0.1) is 0 Å². The maximum atomic E-state index is 4.34. The molecule has 0 aromatic heterocycles. The zero-order chi connectivity index (χ0) is 8.67. The van der Waals surface area contributed by atoms with Crippen molar-refractivity contribution in [2.24, 2.45) is 16.8 Å². The van der Waals surface area contributed by atoms with Gasteiger partial charge in [0.15, 0.2) is 0 Å². The lowest BCUT2D eigenvalue weighted by Crippen LogP contribution is -2.35. The van der Waals surface area contributed by atoms with Gasteiger partial charge in [-0.05, 0) is 18.6 Å². The van der Waals surface area contributed by atoms with Crippen molar-refractivity contribution in [1.82, 2.24) is 5.32 Å². The Balaban J connectivity index is 1.89. The van der Waals surface area contributed by atoms with E-state index in [0.29, 0.717) is 18.0 Å². The second-order valence-electron chi connectivity index (χ2n) is 4.09. The van der Waals surface area contributed by atoms with Crippen LogP contribution in [0.4, 0.5) is 0 Å². The maximum Gasteiger partial charge on any atom is 0.0542 e. The van der Waals surface area contributed by atoms with Gasteiger partial charge in [0.1, 0.15) is 0 Å². The number of allylic oxidation sites excluding steroid dienone is 2. The molecular weight excluding hydrogens is 160 g/mol. The van der Waals surface area contributed by atoms with Gasteiger partial charge in [-0.2, -0.15) is 0 Å². The van der Waals surface area contributed by atoms with Crippen LogP contribution in [-0.2, 0) is 0 Å². The summed E-state index contributed by atoms with van der Waals surface area (Å²) >= 11 is 0. The van der Waals surface area contributed by atoms with Crippen LogP contribution in [-0.4, -0.2) is 24.8 Å². The lowest BCUT2D eigenvalue weighted by Gasteiger charge is -2.23. The van der Waals surface area contributed by atoms with Crippen molar-refractivity contribution in [3.8, 4) is 0 Å². The third-order valence-electron chi connectivity index (χ3n) is 3.40. The summed E-state index contributed by atoms with van der Waals surface area (Å²) in [5.74, 6) is 1.49. The Bertz CT molecular complexity index is 290. The topological polar surface area (TPSA) is 24.4 Å². The van der Waals surface area contributed by atoms with Crippen LogP contribution in [0.15, 0.2) is 29.3 Å². The van der Waals surface area contributed by atoms with Gasteiger partial charge in [0, 0.05) is 18.0 Å². The van der Waals surface area contributed by atoms with Gasteiger partial charge < -0.3 is 5.32 Å². The first-order valence-corrected chi connectivity index (χ1v) is 5.04. The highest BCUT2D eigenvalue weighted by Crippen LogP contribution is 2.34. The Kier molecular flexibility index (Phi) is 1.62. The minimum Gasteiger partial charge on any atom is -0.305 e. The number of aliphatic imine (C=N–C) groups is 1. The van der Waals surface area contributed by atoms with Gasteiger partial charge in [0.05, 0.1) is 6.54 Å². The zero-order valence-electron chi connectivity index (χ0n) is 7.56. The van der Waals surface area contributed by atoms with E-state index in [9.17, 15) is 0 Å². The standard InChI is InChI=1S/C11H14N2/c1-2-4-10-8(3-1)9-5-6-12-7-11(9)13-10/h1-4,6,8-11,13H,5,7H2. The molecule has 0 amide bonds. The molecule has 3 aliphatic rings. The minimum absolute atomic E-state index is 0.571. The molecule has 13 heavy (non-hydrogen) atoms. The molecule has 2 nitrogen and oxygen atoms in total. The molecule has 4 atom stereocenters. The van der Waals surface area contributed by atoms with Crippen molar-refractivity contribution < 1.29 is 0 Å². The van der Waals surface area contributed by atoms with Gasteiger partial charge in [0.25, 0.3) is 0 Å². The van der Waals surface area contributed by atoms with Gasteiger partial charge in [0.2, 0.25) is 0 Å². The molecule has 4 unspecified atom stereocenters. The average Bonchev–Trinajstić information content (AvgIpc) is 2.56. The summed E-state index contributed by atoms with van der Waals surface area (Å²) in [5.41, 5.74) is 0. The van der Waals surface area contributed by atoms with E-state index in [2.05, 4.69) is 40.8 Å². The van der Waals surface area contributed by atoms with Crippen LogP contribution in [0, 0.1) is 11.8 Å². The summed E-state index contributed by atoms with van der Waals surface area (Å²) < 4.78 is 0. The SMILES string of the molecule is C1=CC2NC3CN=CCC3C2C=C1. The molecular formula is C11H14N2. The molecule has 1 saturated heterocycles. The second-order valence-corrected chi connectivity index (χ2v) is 4.09. The number of hydrogen-bond donors (Lipinski definition) is 1. The molecule has 2 heterocycles. The highest BCUT2D eigenvalue weighted by atomic mass is 15.0. The molecule has 0 spiro atoms. The fraction of sp³-hybridized carbons (Fsp3) is 0.545. The van der Waals surface area contributed by atoms with E-state index in [-0.39, 0.29) is 0 Å². The number of rotatable bonds is 0. The molecule has 1 N–H and O–H groups in total. The van der Waals surface area contributed by atoms with Gasteiger partial charge in [-0.25, -0.2) is 0 Å². The lowest BCUT2D eigenvalue weighted by molar-refractivity contribution is 0.409. The monoisotopic (exact) mass is 174 g/mol. The molecule has 2 aliphatic heterocycles. The number of hydrogen-bond acceptors (Lipinski definition) is 2. The normalized spacial score (nSPS) is 46.2. The van der Waals surface area contributed by atoms with Crippen LogP contribution in [0.3, 0.4) is 0 Å². The molecule has 3 rings (SSSR count). The first kappa shape index (κ1) is 7.51. The minimum atomic E-state index is 0.571. The fourth-order valence-electron chi connectivity index (χ4n) is 2.73. The number of nitrogens with zero attached hydrogens (tertiary/aromatic N) is 1. The van der Waals surface area contributed by atoms with E-state index < -0.39 is 0 Å². The lowest BCUT2D eigenvalue weighted by atomic mass is 9.82. The average molecular weight is 174 g/mol. The Hall–Kier alpha value is -0.890. The molecule has 1 fully saturated rings. The van der Waals surface area contributed by atoms with Crippen molar-refractivity contribution in [2.75, 3.05) is 6.54 Å². The summed E-state index contributed by atoms with van der Waals surface area (Å²) in [7, 11) is 0. The van der Waals surface area contributed by atoms with E-state index in [0.717, 1.165) is 18.9 Å². The van der Waals surface area contributed by atoms with E-state index in [4.69, 9.17) is 0 Å². The number of fused-ring (bicyclic) bond motifs is 3. The Morgan fingerprint density at radius 1 is 1.23 bits per heavy atom. The highest BCUT2D eigenvalue weighted by Gasteiger charge is 2.40. The molecule has 2 heteroatoms. The fourth-order valence-corrected chi connectivity index (χ4v) is 2.73. The Labute approximate surface area is 78.4 Å². The summed E-state index contributed by atoms with van der Waals surface area (Å²) in [6.45, 7) is 0.972. The number of nitrogens with one attached hydrogen (secondary N) is 1. The van der Waals surface area contributed by atoms with Crippen molar-refractivity contribution >= 4 is 6.21 Å². The Morgan fingerprint density at radius 2 is 2.15 bits per heavy atom. The van der Waals surface area contributed by atoms with Crippen molar-refractivity contribution in [2.45, 2.75) is 18.5 Å². The zero-order valence-corrected chi connectivity index (χ0v) is 7.56. The predicted molar refractivity (Wildman–Crippen MR) is 53.9 cm³/mol. The van der Waals surface area contributed by atoms with Crippen molar-refractivity contribution in [1.29, 1.82) is 0 Å². The smallest absolute Gasteiger partial charge is 0.0542 e. The van der Waals surface area contributed by atoms with E-state index in [1.807, 2.05) is 0 Å². The largest absolute Gasteiger partial charge is 0.305 e. The van der Waals surface area contributed by atoms with Crippen molar-refractivity contribution in [3.05, 3.63) is 24.3 Å². The predicted octanol–water partition coefficient (Wildman–Crippen LogP) is 1.16. The van der Waals surface area contributed by atoms with Gasteiger partial charge >= 0.3 is 0 Å². The van der Waals surface area contributed by atoms with Crippen LogP contribution in [0.25, 0.3) is 0 Å². The van der Waals surface area contributed by atoms with E-state index in [1.165, 1.54) is 0 Å². The summed E-state index contributed by atoms with van der Waals surface area (Å²) in [6.07, 6.45) is 12.2. The third kappa shape index (κ3) is 1.09. The molecule has 0 saturated carbocycles. The molecule has 1 aliphatic carbocycles. The van der Waals surface area contributed by atoms with Crippen molar-refractivity contribution in [3.63, 3.8) is 0 Å².